The molecule has 1 N–H and O–H groups in total. The van der Waals surface area contributed by atoms with Crippen molar-refractivity contribution in [2.45, 2.75) is 20.3 Å². The summed E-state index contributed by atoms with van der Waals surface area (Å²) in [6, 6.07) is 3.53. The van der Waals surface area contributed by atoms with Crippen LogP contribution in [0.25, 0.3) is 0 Å². The second kappa shape index (κ2) is 5.98. The fourth-order valence-electron chi connectivity index (χ4n) is 1.54. The van der Waals surface area contributed by atoms with Crippen LogP contribution in [0, 0.1) is 6.92 Å². The van der Waals surface area contributed by atoms with Crippen molar-refractivity contribution in [3.8, 4) is 0 Å². The largest absolute Gasteiger partial charge is 0.480 e. The lowest BCUT2D eigenvalue weighted by Crippen LogP contribution is -2.37. The third-order valence-electron chi connectivity index (χ3n) is 2.32. The molecule has 1 heterocycles. The Hall–Kier alpha value is -1.91. The number of aryl methyl sites for hydroxylation is 1. The maximum atomic E-state index is 12.1. The fraction of sp³-hybridized carbons (Fsp3) is 0.417. The number of hydrogen-bond donors (Lipinski definition) is 1. The standard InChI is InChI=1S/C12H16N2O3/c1-3-7-14(8-10(15)16)12(17)11-9(2)5-4-6-13-11/h4-6H,3,7-8H2,1-2H3,(H,15,16). The van der Waals surface area contributed by atoms with Gasteiger partial charge in [-0.15, -0.1) is 0 Å². The summed E-state index contributed by atoms with van der Waals surface area (Å²) in [5.41, 5.74) is 1.08. The molecule has 1 aromatic heterocycles. The Labute approximate surface area is 100 Å². The maximum Gasteiger partial charge on any atom is 0.323 e. The van der Waals surface area contributed by atoms with Gasteiger partial charge < -0.3 is 10.0 Å². The molecule has 0 saturated heterocycles. The van der Waals surface area contributed by atoms with Crippen LogP contribution in [0.4, 0.5) is 0 Å². The van der Waals surface area contributed by atoms with E-state index in [1.165, 1.54) is 11.1 Å². The van der Waals surface area contributed by atoms with E-state index in [4.69, 9.17) is 5.11 Å². The third kappa shape index (κ3) is 3.55. The van der Waals surface area contributed by atoms with Gasteiger partial charge in [0.1, 0.15) is 12.2 Å². The monoisotopic (exact) mass is 236 g/mol. The van der Waals surface area contributed by atoms with Crippen molar-refractivity contribution in [3.05, 3.63) is 29.6 Å². The van der Waals surface area contributed by atoms with E-state index in [1.54, 1.807) is 19.1 Å². The topological polar surface area (TPSA) is 70.5 Å². The van der Waals surface area contributed by atoms with Crippen molar-refractivity contribution >= 4 is 11.9 Å². The molecule has 0 saturated carbocycles. The van der Waals surface area contributed by atoms with Crippen molar-refractivity contribution in [1.29, 1.82) is 0 Å². The van der Waals surface area contributed by atoms with E-state index in [1.807, 2.05) is 6.92 Å². The van der Waals surface area contributed by atoms with Crippen LogP contribution in [-0.4, -0.2) is 40.0 Å². The molecule has 1 rings (SSSR count). The van der Waals surface area contributed by atoms with Gasteiger partial charge in [-0.3, -0.25) is 14.6 Å². The van der Waals surface area contributed by atoms with Crippen molar-refractivity contribution in [3.63, 3.8) is 0 Å². The van der Waals surface area contributed by atoms with Crippen LogP contribution in [0.3, 0.4) is 0 Å². The summed E-state index contributed by atoms with van der Waals surface area (Å²) in [7, 11) is 0. The van der Waals surface area contributed by atoms with Gasteiger partial charge in [0.15, 0.2) is 0 Å². The van der Waals surface area contributed by atoms with E-state index in [0.717, 1.165) is 5.56 Å². The minimum Gasteiger partial charge on any atom is -0.480 e. The summed E-state index contributed by atoms with van der Waals surface area (Å²) in [5.74, 6) is -1.34. The number of carbonyl (C=O) groups excluding carboxylic acids is 1. The normalized spacial score (nSPS) is 10.0. The zero-order chi connectivity index (χ0) is 12.8. The molecule has 5 nitrogen and oxygen atoms in total. The SMILES string of the molecule is CCCN(CC(=O)O)C(=O)c1ncccc1C. The van der Waals surface area contributed by atoms with E-state index in [0.29, 0.717) is 18.7 Å². The average molecular weight is 236 g/mol. The van der Waals surface area contributed by atoms with Gasteiger partial charge in [-0.05, 0) is 25.0 Å². The van der Waals surface area contributed by atoms with Crippen LogP contribution < -0.4 is 0 Å². The first-order valence-electron chi connectivity index (χ1n) is 5.49. The highest BCUT2D eigenvalue weighted by Crippen LogP contribution is 2.08. The Morgan fingerprint density at radius 2 is 2.18 bits per heavy atom. The van der Waals surface area contributed by atoms with Gasteiger partial charge in [0.05, 0.1) is 0 Å². The molecule has 92 valence electrons. The molecule has 17 heavy (non-hydrogen) atoms. The second-order valence-corrected chi connectivity index (χ2v) is 3.79. The molecule has 0 bridgehead atoms. The molecule has 0 aliphatic rings. The summed E-state index contributed by atoms with van der Waals surface area (Å²) >= 11 is 0. The molecule has 1 aromatic rings. The van der Waals surface area contributed by atoms with Gasteiger partial charge in [-0.1, -0.05) is 13.0 Å². The number of nitrogens with zero attached hydrogens (tertiary/aromatic N) is 2. The quantitative estimate of drug-likeness (QED) is 0.837. The maximum absolute atomic E-state index is 12.1. The smallest absolute Gasteiger partial charge is 0.323 e. The summed E-state index contributed by atoms with van der Waals surface area (Å²) in [4.78, 5) is 28.1. The zero-order valence-electron chi connectivity index (χ0n) is 10.0. The third-order valence-corrected chi connectivity index (χ3v) is 2.32. The number of carboxylic acid groups (broad SMARTS) is 1. The molecule has 0 radical (unpaired) electrons. The highest BCUT2D eigenvalue weighted by atomic mass is 16.4. The molecule has 1 amide bonds. The molecular weight excluding hydrogens is 220 g/mol. The summed E-state index contributed by atoms with van der Waals surface area (Å²) in [6.07, 6.45) is 2.25. The number of amides is 1. The Kier molecular flexibility index (Phi) is 4.63. The van der Waals surface area contributed by atoms with Gasteiger partial charge >= 0.3 is 5.97 Å². The highest BCUT2D eigenvalue weighted by Gasteiger charge is 2.20. The minimum atomic E-state index is -1.01. The molecule has 0 spiro atoms. The first-order chi connectivity index (χ1) is 8.06. The van der Waals surface area contributed by atoms with Crippen LogP contribution in [0.5, 0.6) is 0 Å². The molecular formula is C12H16N2O3. The van der Waals surface area contributed by atoms with E-state index in [2.05, 4.69) is 4.98 Å². The van der Waals surface area contributed by atoms with E-state index < -0.39 is 5.97 Å². The average Bonchev–Trinajstić information content (AvgIpc) is 2.28. The fourth-order valence-corrected chi connectivity index (χ4v) is 1.54. The minimum absolute atomic E-state index is 0.289. The van der Waals surface area contributed by atoms with Crippen LogP contribution in [0.2, 0.25) is 0 Å². The highest BCUT2D eigenvalue weighted by molar-refractivity contribution is 5.95. The predicted molar refractivity (Wildman–Crippen MR) is 62.8 cm³/mol. The van der Waals surface area contributed by atoms with E-state index >= 15 is 0 Å². The molecule has 0 atom stereocenters. The number of aromatic nitrogens is 1. The zero-order valence-corrected chi connectivity index (χ0v) is 10.0. The van der Waals surface area contributed by atoms with Crippen molar-refractivity contribution in [2.24, 2.45) is 0 Å². The van der Waals surface area contributed by atoms with Crippen LogP contribution in [-0.2, 0) is 4.79 Å². The molecule has 0 aromatic carbocycles. The van der Waals surface area contributed by atoms with Crippen LogP contribution in [0.1, 0.15) is 29.4 Å². The lowest BCUT2D eigenvalue weighted by molar-refractivity contribution is -0.137. The van der Waals surface area contributed by atoms with Crippen molar-refractivity contribution < 1.29 is 14.7 Å². The van der Waals surface area contributed by atoms with Gasteiger partial charge in [-0.2, -0.15) is 0 Å². The molecule has 0 aliphatic carbocycles. The number of hydrogen-bond acceptors (Lipinski definition) is 3. The number of pyridine rings is 1. The first-order valence-corrected chi connectivity index (χ1v) is 5.49. The first kappa shape index (κ1) is 13.2. The van der Waals surface area contributed by atoms with E-state index in [9.17, 15) is 9.59 Å². The Morgan fingerprint density at radius 3 is 2.71 bits per heavy atom. The van der Waals surface area contributed by atoms with Crippen molar-refractivity contribution in [2.75, 3.05) is 13.1 Å². The Balaban J connectivity index is 2.91. The van der Waals surface area contributed by atoms with Gasteiger partial charge in [-0.25, -0.2) is 0 Å². The van der Waals surface area contributed by atoms with E-state index in [-0.39, 0.29) is 12.5 Å². The molecule has 0 fully saturated rings. The summed E-state index contributed by atoms with van der Waals surface area (Å²) < 4.78 is 0. The second-order valence-electron chi connectivity index (χ2n) is 3.79. The molecule has 0 aliphatic heterocycles. The lowest BCUT2D eigenvalue weighted by Gasteiger charge is -2.20. The summed E-state index contributed by atoms with van der Waals surface area (Å²) in [5, 5.41) is 8.76. The van der Waals surface area contributed by atoms with Crippen LogP contribution in [0.15, 0.2) is 18.3 Å². The summed E-state index contributed by atoms with van der Waals surface area (Å²) in [6.45, 7) is 3.81. The molecule has 5 heteroatoms. The van der Waals surface area contributed by atoms with Crippen LogP contribution >= 0.6 is 0 Å². The Bertz CT molecular complexity index is 418. The number of carboxylic acids is 1. The lowest BCUT2D eigenvalue weighted by atomic mass is 10.2. The number of aliphatic carboxylic acids is 1. The Morgan fingerprint density at radius 1 is 1.47 bits per heavy atom. The predicted octanol–water partition coefficient (Wildman–Crippen LogP) is 1.33. The number of rotatable bonds is 5. The van der Waals surface area contributed by atoms with Gasteiger partial charge in [0.2, 0.25) is 0 Å². The number of carbonyl (C=O) groups is 2. The van der Waals surface area contributed by atoms with Gasteiger partial charge in [0.25, 0.3) is 5.91 Å². The van der Waals surface area contributed by atoms with Gasteiger partial charge in [0, 0.05) is 12.7 Å². The molecule has 0 unspecified atom stereocenters. The van der Waals surface area contributed by atoms with Crippen molar-refractivity contribution in [1.82, 2.24) is 9.88 Å².